The lowest BCUT2D eigenvalue weighted by Crippen LogP contribution is -2.16. The summed E-state index contributed by atoms with van der Waals surface area (Å²) in [4.78, 5) is 5.93. The molecule has 3 aromatic rings. The van der Waals surface area contributed by atoms with Crippen molar-refractivity contribution in [3.05, 3.63) is 64.8 Å². The molecule has 136 valence electrons. The van der Waals surface area contributed by atoms with Gasteiger partial charge in [-0.3, -0.25) is 0 Å². The van der Waals surface area contributed by atoms with Gasteiger partial charge in [-0.25, -0.2) is 4.99 Å². The molecule has 0 unspecified atom stereocenters. The first-order valence-electron chi connectivity index (χ1n) is 9.24. The van der Waals surface area contributed by atoms with Crippen molar-refractivity contribution in [3.63, 3.8) is 0 Å². The second-order valence-electron chi connectivity index (χ2n) is 6.29. The third-order valence-electron chi connectivity index (χ3n) is 4.40. The van der Waals surface area contributed by atoms with Crippen molar-refractivity contribution in [3.8, 4) is 17.0 Å². The van der Waals surface area contributed by atoms with E-state index in [1.165, 1.54) is 36.9 Å². The normalized spacial score (nSPS) is 11.7. The van der Waals surface area contributed by atoms with Crippen LogP contribution in [0.25, 0.3) is 11.3 Å². The van der Waals surface area contributed by atoms with E-state index in [1.807, 2.05) is 24.3 Å². The quantitative estimate of drug-likeness (QED) is 0.447. The third kappa shape index (κ3) is 4.64. The molecule has 0 saturated carbocycles. The molecule has 1 aromatic heterocycles. The number of aromatic nitrogens is 1. The molecule has 0 aliphatic heterocycles. The fraction of sp³-hybridized carbons (Fsp3) is 0.318. The third-order valence-corrected chi connectivity index (χ3v) is 5.26. The molecular weight excluding hydrogens is 340 g/mol. The first-order chi connectivity index (χ1) is 12.8. The lowest BCUT2D eigenvalue weighted by molar-refractivity contribution is 0.415. The van der Waals surface area contributed by atoms with Crippen LogP contribution < -0.4 is 9.54 Å². The van der Waals surface area contributed by atoms with Crippen LogP contribution in [0.15, 0.2) is 65.0 Å². The lowest BCUT2D eigenvalue weighted by Gasteiger charge is -2.09. The zero-order valence-electron chi connectivity index (χ0n) is 15.5. The number of nitrogens with zero attached hydrogens (tertiary/aromatic N) is 2. The molecular formula is C22H26N2OS. The topological polar surface area (TPSA) is 26.5 Å². The number of methoxy groups -OCH3 is 1. The predicted molar refractivity (Wildman–Crippen MR) is 110 cm³/mol. The summed E-state index contributed by atoms with van der Waals surface area (Å²) in [6, 6.07) is 18.5. The Balaban J connectivity index is 1.95. The van der Waals surface area contributed by atoms with Gasteiger partial charge in [-0.15, -0.1) is 11.3 Å². The van der Waals surface area contributed by atoms with Crippen molar-refractivity contribution >= 4 is 17.0 Å². The maximum Gasteiger partial charge on any atom is 0.190 e. The zero-order chi connectivity index (χ0) is 18.2. The summed E-state index contributed by atoms with van der Waals surface area (Å²) >= 11 is 1.70. The van der Waals surface area contributed by atoms with E-state index in [9.17, 15) is 0 Å². The highest BCUT2D eigenvalue weighted by atomic mass is 32.1. The Hall–Kier alpha value is -2.33. The molecule has 0 bridgehead atoms. The molecule has 3 rings (SSSR count). The molecule has 0 aliphatic rings. The van der Waals surface area contributed by atoms with Gasteiger partial charge in [-0.2, -0.15) is 0 Å². The molecule has 0 saturated heterocycles. The number of rotatable bonds is 8. The van der Waals surface area contributed by atoms with Crippen molar-refractivity contribution in [2.24, 2.45) is 4.99 Å². The Bertz CT molecular complexity index is 863. The zero-order valence-corrected chi connectivity index (χ0v) is 16.3. The summed E-state index contributed by atoms with van der Waals surface area (Å²) in [5, 5.41) is 2.22. The Morgan fingerprint density at radius 2 is 1.73 bits per heavy atom. The van der Waals surface area contributed by atoms with Gasteiger partial charge in [0.2, 0.25) is 0 Å². The van der Waals surface area contributed by atoms with Gasteiger partial charge in [0, 0.05) is 11.9 Å². The van der Waals surface area contributed by atoms with Gasteiger partial charge in [-0.05, 0) is 36.2 Å². The van der Waals surface area contributed by atoms with E-state index in [0.29, 0.717) is 0 Å². The lowest BCUT2D eigenvalue weighted by atomic mass is 10.1. The van der Waals surface area contributed by atoms with Crippen molar-refractivity contribution in [1.82, 2.24) is 4.57 Å². The number of unbranched alkanes of at least 4 members (excludes halogenated alkanes) is 3. The summed E-state index contributed by atoms with van der Waals surface area (Å²) < 4.78 is 7.60. The van der Waals surface area contributed by atoms with E-state index in [0.717, 1.165) is 22.8 Å². The molecule has 0 fully saturated rings. The van der Waals surface area contributed by atoms with Crippen LogP contribution >= 0.6 is 11.3 Å². The summed E-state index contributed by atoms with van der Waals surface area (Å²) in [5.74, 6) is 0.854. The van der Waals surface area contributed by atoms with Gasteiger partial charge < -0.3 is 9.30 Å². The SMILES string of the molecule is CCCCCCn1c(-c2ccccc2)csc1=Nc1ccc(OC)cc1. The number of ether oxygens (including phenoxy) is 1. The highest BCUT2D eigenvalue weighted by molar-refractivity contribution is 7.07. The van der Waals surface area contributed by atoms with Gasteiger partial charge in [0.25, 0.3) is 0 Å². The van der Waals surface area contributed by atoms with Crippen LogP contribution in [0.5, 0.6) is 5.75 Å². The molecule has 0 atom stereocenters. The fourth-order valence-corrected chi connectivity index (χ4v) is 3.89. The standard InChI is InChI=1S/C22H26N2OS/c1-3-4-5-9-16-24-21(18-10-7-6-8-11-18)17-26-22(24)23-19-12-14-20(25-2)15-13-19/h6-8,10-15,17H,3-5,9,16H2,1-2H3. The summed E-state index contributed by atoms with van der Waals surface area (Å²) in [5.41, 5.74) is 3.45. The van der Waals surface area contributed by atoms with E-state index < -0.39 is 0 Å². The molecule has 0 radical (unpaired) electrons. The van der Waals surface area contributed by atoms with Crippen LogP contribution in [-0.4, -0.2) is 11.7 Å². The maximum atomic E-state index is 5.24. The summed E-state index contributed by atoms with van der Waals surface area (Å²) in [7, 11) is 1.68. The van der Waals surface area contributed by atoms with Gasteiger partial charge in [-0.1, -0.05) is 56.5 Å². The Morgan fingerprint density at radius 3 is 2.42 bits per heavy atom. The average Bonchev–Trinajstić information content (AvgIpc) is 3.09. The predicted octanol–water partition coefficient (Wildman–Crippen LogP) is 6.04. The monoisotopic (exact) mass is 366 g/mol. The van der Waals surface area contributed by atoms with E-state index >= 15 is 0 Å². The van der Waals surface area contributed by atoms with Crippen molar-refractivity contribution < 1.29 is 4.74 Å². The molecule has 0 N–H and O–H groups in total. The van der Waals surface area contributed by atoms with E-state index in [1.54, 1.807) is 18.4 Å². The van der Waals surface area contributed by atoms with Crippen LogP contribution in [-0.2, 0) is 6.54 Å². The smallest absolute Gasteiger partial charge is 0.190 e. The number of hydrogen-bond acceptors (Lipinski definition) is 3. The average molecular weight is 367 g/mol. The van der Waals surface area contributed by atoms with E-state index in [2.05, 4.69) is 47.2 Å². The largest absolute Gasteiger partial charge is 0.497 e. The molecule has 0 amide bonds. The highest BCUT2D eigenvalue weighted by Crippen LogP contribution is 2.22. The molecule has 0 aliphatic carbocycles. The number of thiazole rings is 1. The Morgan fingerprint density at radius 1 is 0.962 bits per heavy atom. The molecule has 4 heteroatoms. The second-order valence-corrected chi connectivity index (χ2v) is 7.13. The number of benzene rings is 2. The maximum absolute atomic E-state index is 5.24. The van der Waals surface area contributed by atoms with Gasteiger partial charge in [0.05, 0.1) is 18.5 Å². The van der Waals surface area contributed by atoms with E-state index in [4.69, 9.17) is 9.73 Å². The minimum Gasteiger partial charge on any atom is -0.497 e. The summed E-state index contributed by atoms with van der Waals surface area (Å²) in [6.07, 6.45) is 4.98. The minimum atomic E-state index is 0.854. The van der Waals surface area contributed by atoms with Crippen molar-refractivity contribution in [2.75, 3.05) is 7.11 Å². The Labute approximate surface area is 159 Å². The minimum absolute atomic E-state index is 0.854. The first-order valence-corrected chi connectivity index (χ1v) is 10.1. The Kier molecular flexibility index (Phi) is 6.67. The molecule has 3 nitrogen and oxygen atoms in total. The van der Waals surface area contributed by atoms with Crippen LogP contribution in [0.3, 0.4) is 0 Å². The van der Waals surface area contributed by atoms with Crippen LogP contribution in [0.1, 0.15) is 32.6 Å². The van der Waals surface area contributed by atoms with Crippen LogP contribution in [0.2, 0.25) is 0 Å². The summed E-state index contributed by atoms with van der Waals surface area (Å²) in [6.45, 7) is 3.25. The second kappa shape index (κ2) is 9.39. The molecule has 1 heterocycles. The van der Waals surface area contributed by atoms with Gasteiger partial charge in [0.15, 0.2) is 4.80 Å². The highest BCUT2D eigenvalue weighted by Gasteiger charge is 2.08. The van der Waals surface area contributed by atoms with E-state index in [-0.39, 0.29) is 0 Å². The molecule has 2 aromatic carbocycles. The van der Waals surface area contributed by atoms with Crippen LogP contribution in [0, 0.1) is 0 Å². The number of hydrogen-bond donors (Lipinski definition) is 0. The van der Waals surface area contributed by atoms with Gasteiger partial charge in [0.1, 0.15) is 5.75 Å². The van der Waals surface area contributed by atoms with Gasteiger partial charge >= 0.3 is 0 Å². The van der Waals surface area contributed by atoms with Crippen LogP contribution in [0.4, 0.5) is 5.69 Å². The fourth-order valence-electron chi connectivity index (χ4n) is 2.94. The first kappa shape index (κ1) is 18.5. The van der Waals surface area contributed by atoms with Crippen molar-refractivity contribution in [1.29, 1.82) is 0 Å². The molecule has 0 spiro atoms. The van der Waals surface area contributed by atoms with Crippen molar-refractivity contribution in [2.45, 2.75) is 39.2 Å². The molecule has 26 heavy (non-hydrogen) atoms.